The van der Waals surface area contributed by atoms with Crippen LogP contribution in [0.2, 0.25) is 0 Å². The molecule has 0 heterocycles. The third-order valence-corrected chi connectivity index (χ3v) is 5.99. The molecule has 4 rings (SSSR count). The van der Waals surface area contributed by atoms with Gasteiger partial charge in [-0.25, -0.2) is 17.9 Å². The van der Waals surface area contributed by atoms with Gasteiger partial charge in [-0.05, 0) is 52.9 Å². The van der Waals surface area contributed by atoms with Gasteiger partial charge < -0.3 is 5.32 Å². The van der Waals surface area contributed by atoms with Crippen LogP contribution in [0.3, 0.4) is 0 Å². The number of amides is 2. The molecular formula is C20H15N3O5S. The van der Waals surface area contributed by atoms with Crippen LogP contribution in [0, 0.1) is 10.1 Å². The third-order valence-electron chi connectivity index (χ3n) is 4.64. The van der Waals surface area contributed by atoms with Gasteiger partial charge in [0.2, 0.25) is 0 Å². The predicted octanol–water partition coefficient (Wildman–Crippen LogP) is 3.68. The van der Waals surface area contributed by atoms with Crippen LogP contribution in [-0.2, 0) is 16.4 Å². The van der Waals surface area contributed by atoms with E-state index in [0.29, 0.717) is 5.69 Å². The first kappa shape index (κ1) is 18.6. The van der Waals surface area contributed by atoms with Gasteiger partial charge in [-0.15, -0.1) is 0 Å². The monoisotopic (exact) mass is 409 g/mol. The number of rotatable bonds is 4. The fourth-order valence-corrected chi connectivity index (χ4v) is 4.19. The molecule has 2 N–H and O–H groups in total. The molecule has 0 aliphatic heterocycles. The first-order valence-electron chi connectivity index (χ1n) is 8.63. The molecule has 0 fully saturated rings. The molecule has 0 spiro atoms. The lowest BCUT2D eigenvalue weighted by atomic mass is 10.1. The van der Waals surface area contributed by atoms with E-state index in [0.717, 1.165) is 47.4 Å². The summed E-state index contributed by atoms with van der Waals surface area (Å²) in [7, 11) is -4.17. The van der Waals surface area contributed by atoms with E-state index in [9.17, 15) is 23.3 Å². The van der Waals surface area contributed by atoms with Crippen molar-refractivity contribution in [2.24, 2.45) is 0 Å². The summed E-state index contributed by atoms with van der Waals surface area (Å²) in [5.74, 6) is 0. The summed E-state index contributed by atoms with van der Waals surface area (Å²) in [4.78, 5) is 22.0. The van der Waals surface area contributed by atoms with E-state index in [4.69, 9.17) is 0 Å². The van der Waals surface area contributed by atoms with Gasteiger partial charge in [-0.3, -0.25) is 10.1 Å². The number of nitro benzene ring substituents is 1. The number of fused-ring (bicyclic) bond motifs is 3. The molecule has 2 amide bonds. The molecule has 0 saturated heterocycles. The summed E-state index contributed by atoms with van der Waals surface area (Å²) in [5.41, 5.74) is 4.63. The summed E-state index contributed by atoms with van der Waals surface area (Å²) < 4.78 is 26.6. The van der Waals surface area contributed by atoms with Crippen LogP contribution in [0.5, 0.6) is 0 Å². The average molecular weight is 409 g/mol. The number of benzene rings is 3. The molecule has 9 heteroatoms. The zero-order chi connectivity index (χ0) is 20.6. The minimum atomic E-state index is -4.17. The van der Waals surface area contributed by atoms with E-state index in [1.165, 1.54) is 5.56 Å². The van der Waals surface area contributed by atoms with Crippen LogP contribution in [0.15, 0.2) is 71.6 Å². The Bertz CT molecular complexity index is 1240. The van der Waals surface area contributed by atoms with Crippen molar-refractivity contribution in [2.75, 3.05) is 5.32 Å². The number of hydrogen-bond donors (Lipinski definition) is 2. The Morgan fingerprint density at radius 2 is 1.62 bits per heavy atom. The fraction of sp³-hybridized carbons (Fsp3) is 0.0500. The van der Waals surface area contributed by atoms with Crippen LogP contribution in [-0.4, -0.2) is 19.4 Å². The largest absolute Gasteiger partial charge is 0.333 e. The van der Waals surface area contributed by atoms with E-state index in [1.807, 2.05) is 35.1 Å². The zero-order valence-electron chi connectivity index (χ0n) is 15.0. The number of urea groups is 1. The Morgan fingerprint density at radius 3 is 2.34 bits per heavy atom. The third kappa shape index (κ3) is 3.67. The lowest BCUT2D eigenvalue weighted by Crippen LogP contribution is -2.34. The first-order chi connectivity index (χ1) is 13.8. The molecule has 1 aliphatic carbocycles. The van der Waals surface area contributed by atoms with Gasteiger partial charge in [0.1, 0.15) is 0 Å². The van der Waals surface area contributed by atoms with Crippen LogP contribution in [0.4, 0.5) is 16.2 Å². The van der Waals surface area contributed by atoms with Gasteiger partial charge >= 0.3 is 6.03 Å². The lowest BCUT2D eigenvalue weighted by molar-refractivity contribution is -0.384. The van der Waals surface area contributed by atoms with Crippen molar-refractivity contribution in [1.29, 1.82) is 0 Å². The molecule has 1 aliphatic rings. The smallest absolute Gasteiger partial charge is 0.307 e. The van der Waals surface area contributed by atoms with Gasteiger partial charge in [-0.2, -0.15) is 0 Å². The average Bonchev–Trinajstić information content (AvgIpc) is 3.05. The molecule has 0 radical (unpaired) electrons. The van der Waals surface area contributed by atoms with E-state index < -0.39 is 21.0 Å². The topological polar surface area (TPSA) is 118 Å². The van der Waals surface area contributed by atoms with Crippen LogP contribution >= 0.6 is 0 Å². The molecule has 0 aromatic heterocycles. The number of sulfonamides is 1. The first-order valence-corrected chi connectivity index (χ1v) is 10.1. The van der Waals surface area contributed by atoms with E-state index >= 15 is 0 Å². The number of nitrogens with one attached hydrogen (secondary N) is 2. The van der Waals surface area contributed by atoms with Crippen LogP contribution in [0.1, 0.15) is 11.1 Å². The molecule has 0 bridgehead atoms. The van der Waals surface area contributed by atoms with E-state index in [2.05, 4.69) is 5.32 Å². The number of hydrogen-bond acceptors (Lipinski definition) is 5. The number of nitro groups is 1. The second-order valence-electron chi connectivity index (χ2n) is 6.52. The second-order valence-corrected chi connectivity index (χ2v) is 8.20. The van der Waals surface area contributed by atoms with Crippen molar-refractivity contribution in [2.45, 2.75) is 11.3 Å². The second kappa shape index (κ2) is 7.02. The quantitative estimate of drug-likeness (QED) is 0.394. The summed E-state index contributed by atoms with van der Waals surface area (Å²) in [6.45, 7) is 0. The standard InChI is InChI=1S/C20H15N3O5S/c24-20(22-29(27,28)17-9-7-16(8-10-17)23(25)26)21-15-6-5-14-11-13-3-1-2-4-18(13)19(14)12-15/h1-10,12H,11H2,(H2,21,22,24). The summed E-state index contributed by atoms with van der Waals surface area (Å²) in [6, 6.07) is 16.7. The molecule has 3 aromatic rings. The highest BCUT2D eigenvalue weighted by Crippen LogP contribution is 2.37. The molecule has 29 heavy (non-hydrogen) atoms. The normalized spacial score (nSPS) is 12.0. The molecule has 3 aromatic carbocycles. The fourth-order valence-electron chi connectivity index (χ4n) is 3.29. The number of anilines is 1. The van der Waals surface area contributed by atoms with Crippen molar-refractivity contribution in [1.82, 2.24) is 4.72 Å². The highest BCUT2D eigenvalue weighted by atomic mass is 32.2. The molecule has 0 saturated carbocycles. The van der Waals surface area contributed by atoms with Crippen molar-refractivity contribution in [3.05, 3.63) is 88.0 Å². The molecule has 8 nitrogen and oxygen atoms in total. The van der Waals surface area contributed by atoms with Gasteiger partial charge in [0.25, 0.3) is 15.7 Å². The van der Waals surface area contributed by atoms with Crippen molar-refractivity contribution < 1.29 is 18.1 Å². The van der Waals surface area contributed by atoms with E-state index in [-0.39, 0.29) is 10.6 Å². The maximum absolute atomic E-state index is 12.3. The Labute approximate surface area is 166 Å². The molecular weight excluding hydrogens is 394 g/mol. The minimum Gasteiger partial charge on any atom is -0.307 e. The summed E-state index contributed by atoms with van der Waals surface area (Å²) in [6.07, 6.45) is 0.812. The maximum Gasteiger partial charge on any atom is 0.333 e. The van der Waals surface area contributed by atoms with Gasteiger partial charge in [-0.1, -0.05) is 30.3 Å². The van der Waals surface area contributed by atoms with Crippen molar-refractivity contribution in [3.8, 4) is 11.1 Å². The summed E-state index contributed by atoms with van der Waals surface area (Å²) >= 11 is 0. The number of nitrogens with zero attached hydrogens (tertiary/aromatic N) is 1. The molecule has 0 unspecified atom stereocenters. The molecule has 0 atom stereocenters. The highest BCUT2D eigenvalue weighted by Gasteiger charge is 2.21. The van der Waals surface area contributed by atoms with E-state index in [1.54, 1.807) is 12.1 Å². The predicted molar refractivity (Wildman–Crippen MR) is 107 cm³/mol. The van der Waals surface area contributed by atoms with Crippen molar-refractivity contribution in [3.63, 3.8) is 0 Å². The van der Waals surface area contributed by atoms with Gasteiger partial charge in [0.05, 0.1) is 9.82 Å². The Morgan fingerprint density at radius 1 is 0.931 bits per heavy atom. The SMILES string of the molecule is O=C(Nc1ccc2c(c1)-c1ccccc1C2)NS(=O)(=O)c1ccc([N+](=O)[O-])cc1. The zero-order valence-corrected chi connectivity index (χ0v) is 15.8. The Hall–Kier alpha value is -3.72. The minimum absolute atomic E-state index is 0.244. The van der Waals surface area contributed by atoms with Crippen LogP contribution < -0.4 is 10.0 Å². The number of carbonyl (C=O) groups is 1. The lowest BCUT2D eigenvalue weighted by Gasteiger charge is -2.10. The van der Waals surface area contributed by atoms with Crippen molar-refractivity contribution >= 4 is 27.4 Å². The maximum atomic E-state index is 12.3. The highest BCUT2D eigenvalue weighted by molar-refractivity contribution is 7.90. The van der Waals surface area contributed by atoms with Gasteiger partial charge in [0, 0.05) is 17.8 Å². The number of non-ortho nitro benzene ring substituents is 1. The summed E-state index contributed by atoms with van der Waals surface area (Å²) in [5, 5.41) is 13.2. The number of carbonyl (C=O) groups excluding carboxylic acids is 1. The molecule has 146 valence electrons. The Kier molecular flexibility index (Phi) is 4.51. The van der Waals surface area contributed by atoms with Gasteiger partial charge in [0.15, 0.2) is 0 Å². The van der Waals surface area contributed by atoms with Crippen LogP contribution in [0.25, 0.3) is 11.1 Å². The Balaban J connectivity index is 1.50.